The molecule has 2 aliphatic heterocycles. The largest absolute Gasteiger partial charge is 0.303 e. The molecule has 2 fully saturated rings. The summed E-state index contributed by atoms with van der Waals surface area (Å²) in [4.78, 5) is 8.09. The van der Waals surface area contributed by atoms with Gasteiger partial charge in [0.15, 0.2) is 0 Å². The van der Waals surface area contributed by atoms with Crippen LogP contribution < -0.4 is 0 Å². The second kappa shape index (κ2) is 8.50. The Morgan fingerprint density at radius 3 is 2.05 bits per heavy atom. The summed E-state index contributed by atoms with van der Waals surface area (Å²) in [6, 6.07) is 1.58. The number of piperazine rings is 1. The molecule has 124 valence electrons. The molecule has 0 aromatic heterocycles. The van der Waals surface area contributed by atoms with E-state index in [0.717, 1.165) is 18.0 Å². The fourth-order valence-corrected chi connectivity index (χ4v) is 3.73. The maximum atomic E-state index is 2.77. The van der Waals surface area contributed by atoms with Crippen molar-refractivity contribution in [3.8, 4) is 0 Å². The van der Waals surface area contributed by atoms with Crippen LogP contribution in [0.1, 0.15) is 53.4 Å². The van der Waals surface area contributed by atoms with Crippen molar-refractivity contribution in [2.75, 3.05) is 45.8 Å². The fraction of sp³-hybridized carbons (Fsp3) is 1.00. The molecule has 21 heavy (non-hydrogen) atoms. The Labute approximate surface area is 132 Å². The summed E-state index contributed by atoms with van der Waals surface area (Å²) in [5.41, 5.74) is 0. The van der Waals surface area contributed by atoms with Crippen molar-refractivity contribution in [3.63, 3.8) is 0 Å². The first-order valence-corrected chi connectivity index (χ1v) is 9.30. The molecular formula is C18H37N3. The van der Waals surface area contributed by atoms with Crippen LogP contribution in [-0.4, -0.2) is 72.6 Å². The van der Waals surface area contributed by atoms with Gasteiger partial charge in [-0.15, -0.1) is 0 Å². The smallest absolute Gasteiger partial charge is 0.0121 e. The molecule has 3 heteroatoms. The number of hydrogen-bond acceptors (Lipinski definition) is 3. The summed E-state index contributed by atoms with van der Waals surface area (Å²) in [5.74, 6) is 0.895. The van der Waals surface area contributed by atoms with Gasteiger partial charge in [0.05, 0.1) is 0 Å². The van der Waals surface area contributed by atoms with Gasteiger partial charge in [0, 0.05) is 38.3 Å². The standard InChI is InChI=1S/C18H37N3/c1-5-17(4)6-9-19-10-7-18(8-11-19)21-14-12-20(13-15-21)16(2)3/h16-18H,5-15H2,1-4H3. The van der Waals surface area contributed by atoms with Crippen molar-refractivity contribution in [1.82, 2.24) is 14.7 Å². The minimum Gasteiger partial charge on any atom is -0.303 e. The van der Waals surface area contributed by atoms with Gasteiger partial charge in [0.25, 0.3) is 0 Å². The molecule has 0 aromatic rings. The van der Waals surface area contributed by atoms with E-state index in [4.69, 9.17) is 0 Å². The summed E-state index contributed by atoms with van der Waals surface area (Å²) in [7, 11) is 0. The lowest BCUT2D eigenvalue weighted by molar-refractivity contribution is 0.0476. The van der Waals surface area contributed by atoms with Crippen molar-refractivity contribution >= 4 is 0 Å². The van der Waals surface area contributed by atoms with Gasteiger partial charge in [-0.05, 0) is 58.7 Å². The Balaban J connectivity index is 1.65. The molecule has 1 atom stereocenters. The molecule has 0 spiro atoms. The highest BCUT2D eigenvalue weighted by Crippen LogP contribution is 2.20. The minimum atomic E-state index is 0.717. The second-order valence-electron chi connectivity index (χ2n) is 7.54. The van der Waals surface area contributed by atoms with Gasteiger partial charge in [-0.2, -0.15) is 0 Å². The summed E-state index contributed by atoms with van der Waals surface area (Å²) in [6.07, 6.45) is 5.50. The summed E-state index contributed by atoms with van der Waals surface area (Å²) < 4.78 is 0. The van der Waals surface area contributed by atoms with Gasteiger partial charge < -0.3 is 4.90 Å². The predicted octanol–water partition coefficient (Wildman–Crippen LogP) is 2.91. The zero-order valence-corrected chi connectivity index (χ0v) is 14.9. The van der Waals surface area contributed by atoms with Gasteiger partial charge >= 0.3 is 0 Å². The van der Waals surface area contributed by atoms with Crippen LogP contribution in [0.25, 0.3) is 0 Å². The molecule has 2 rings (SSSR count). The molecule has 0 bridgehead atoms. The van der Waals surface area contributed by atoms with E-state index < -0.39 is 0 Å². The van der Waals surface area contributed by atoms with Crippen LogP contribution in [0, 0.1) is 5.92 Å². The third kappa shape index (κ3) is 5.22. The predicted molar refractivity (Wildman–Crippen MR) is 91.8 cm³/mol. The molecule has 2 aliphatic rings. The number of hydrogen-bond donors (Lipinski definition) is 0. The third-order valence-corrected chi connectivity index (χ3v) is 5.79. The molecule has 2 saturated heterocycles. The van der Waals surface area contributed by atoms with Crippen LogP contribution in [0.2, 0.25) is 0 Å². The first-order chi connectivity index (χ1) is 10.1. The van der Waals surface area contributed by atoms with Gasteiger partial charge in [0.2, 0.25) is 0 Å². The van der Waals surface area contributed by atoms with Crippen LogP contribution >= 0.6 is 0 Å². The van der Waals surface area contributed by atoms with E-state index in [2.05, 4.69) is 42.4 Å². The van der Waals surface area contributed by atoms with Crippen LogP contribution in [0.3, 0.4) is 0 Å². The number of likely N-dealkylation sites (tertiary alicyclic amines) is 1. The topological polar surface area (TPSA) is 9.72 Å². The van der Waals surface area contributed by atoms with E-state index >= 15 is 0 Å². The number of nitrogens with zero attached hydrogens (tertiary/aromatic N) is 3. The Morgan fingerprint density at radius 2 is 1.52 bits per heavy atom. The monoisotopic (exact) mass is 295 g/mol. The highest BCUT2D eigenvalue weighted by atomic mass is 15.3. The van der Waals surface area contributed by atoms with Crippen LogP contribution in [0.15, 0.2) is 0 Å². The minimum absolute atomic E-state index is 0.717. The molecule has 0 aliphatic carbocycles. The van der Waals surface area contributed by atoms with Gasteiger partial charge in [-0.25, -0.2) is 0 Å². The van der Waals surface area contributed by atoms with Gasteiger partial charge in [0.1, 0.15) is 0 Å². The quantitative estimate of drug-likeness (QED) is 0.746. The van der Waals surface area contributed by atoms with Crippen molar-refractivity contribution in [2.24, 2.45) is 5.92 Å². The SMILES string of the molecule is CCC(C)CCN1CCC(N2CCN(C(C)C)CC2)CC1. The highest BCUT2D eigenvalue weighted by Gasteiger charge is 2.27. The Bertz CT molecular complexity index is 276. The fourth-order valence-electron chi connectivity index (χ4n) is 3.73. The zero-order valence-electron chi connectivity index (χ0n) is 14.9. The Kier molecular flexibility index (Phi) is 6.97. The zero-order chi connectivity index (χ0) is 15.2. The van der Waals surface area contributed by atoms with Crippen molar-refractivity contribution < 1.29 is 0 Å². The molecule has 0 aromatic carbocycles. The van der Waals surface area contributed by atoms with E-state index in [1.54, 1.807) is 0 Å². The van der Waals surface area contributed by atoms with Crippen LogP contribution in [0.5, 0.6) is 0 Å². The number of rotatable bonds is 6. The summed E-state index contributed by atoms with van der Waals surface area (Å²) >= 11 is 0. The first-order valence-electron chi connectivity index (χ1n) is 9.30. The first kappa shape index (κ1) is 17.2. The molecule has 2 heterocycles. The van der Waals surface area contributed by atoms with E-state index in [-0.39, 0.29) is 0 Å². The summed E-state index contributed by atoms with van der Waals surface area (Å²) in [6.45, 7) is 18.4. The van der Waals surface area contributed by atoms with Crippen molar-refractivity contribution in [1.29, 1.82) is 0 Å². The van der Waals surface area contributed by atoms with E-state index in [9.17, 15) is 0 Å². The molecular weight excluding hydrogens is 258 g/mol. The lowest BCUT2D eigenvalue weighted by Crippen LogP contribution is -2.54. The maximum Gasteiger partial charge on any atom is 0.0121 e. The molecule has 1 unspecified atom stereocenters. The van der Waals surface area contributed by atoms with Gasteiger partial charge in [-0.3, -0.25) is 9.80 Å². The average Bonchev–Trinajstić information content (AvgIpc) is 2.53. The highest BCUT2D eigenvalue weighted by molar-refractivity contribution is 4.84. The molecule has 0 radical (unpaired) electrons. The van der Waals surface area contributed by atoms with Crippen molar-refractivity contribution in [3.05, 3.63) is 0 Å². The third-order valence-electron chi connectivity index (χ3n) is 5.79. The number of piperidine rings is 1. The van der Waals surface area contributed by atoms with E-state index in [1.165, 1.54) is 71.5 Å². The van der Waals surface area contributed by atoms with E-state index in [1.807, 2.05) is 0 Å². The Morgan fingerprint density at radius 1 is 0.905 bits per heavy atom. The van der Waals surface area contributed by atoms with Crippen molar-refractivity contribution in [2.45, 2.75) is 65.5 Å². The Hall–Kier alpha value is -0.120. The molecule has 0 saturated carbocycles. The molecule has 0 amide bonds. The second-order valence-corrected chi connectivity index (χ2v) is 7.54. The van der Waals surface area contributed by atoms with Crippen LogP contribution in [0.4, 0.5) is 0 Å². The summed E-state index contributed by atoms with van der Waals surface area (Å²) in [5, 5.41) is 0. The molecule has 3 nitrogen and oxygen atoms in total. The molecule has 0 N–H and O–H groups in total. The normalized spacial score (nSPS) is 25.6. The maximum absolute atomic E-state index is 2.77. The van der Waals surface area contributed by atoms with E-state index in [0.29, 0.717) is 0 Å². The van der Waals surface area contributed by atoms with Crippen LogP contribution in [-0.2, 0) is 0 Å². The van der Waals surface area contributed by atoms with Gasteiger partial charge in [-0.1, -0.05) is 20.3 Å². The lowest BCUT2D eigenvalue weighted by Gasteiger charge is -2.43. The average molecular weight is 296 g/mol. The lowest BCUT2D eigenvalue weighted by atomic mass is 10.00.